The second kappa shape index (κ2) is 10.6. The zero-order valence-electron chi connectivity index (χ0n) is 16.3. The smallest absolute Gasteiger partial charge is 0.497 e. The van der Waals surface area contributed by atoms with E-state index in [-0.39, 0.29) is 34.3 Å². The summed E-state index contributed by atoms with van der Waals surface area (Å²) in [5.74, 6) is -0.450. The van der Waals surface area contributed by atoms with Crippen LogP contribution in [0.25, 0.3) is 0 Å². The van der Waals surface area contributed by atoms with Crippen molar-refractivity contribution in [2.24, 2.45) is 5.92 Å². The van der Waals surface area contributed by atoms with Gasteiger partial charge in [-0.15, -0.1) is 0 Å². The number of aryl methyl sites for hydroxylation is 3. The van der Waals surface area contributed by atoms with Crippen molar-refractivity contribution in [3.63, 3.8) is 0 Å². The zero-order valence-corrected chi connectivity index (χ0v) is 18.0. The van der Waals surface area contributed by atoms with Gasteiger partial charge in [0.2, 0.25) is 0 Å². The number of carboxylic acids is 1. The fraction of sp³-hybridized carbons (Fsp3) is 0.400. The molecule has 1 aromatic rings. The van der Waals surface area contributed by atoms with Gasteiger partial charge in [-0.05, 0) is 56.6 Å². The van der Waals surface area contributed by atoms with Crippen LogP contribution < -0.4 is 4.90 Å². The van der Waals surface area contributed by atoms with E-state index >= 15 is 0 Å². The van der Waals surface area contributed by atoms with E-state index in [4.69, 9.17) is 0 Å². The molecular formula is C20H31N2O2Rh. The van der Waals surface area contributed by atoms with Gasteiger partial charge in [0.15, 0.2) is 0 Å². The minimum Gasteiger partial charge on any atom is -0.497 e. The van der Waals surface area contributed by atoms with Crippen molar-refractivity contribution in [3.05, 3.63) is 62.7 Å². The largest absolute Gasteiger partial charge is 3.00 e. The maximum Gasteiger partial charge on any atom is 3.00 e. The van der Waals surface area contributed by atoms with Gasteiger partial charge < -0.3 is 29.8 Å². The molecule has 1 aliphatic heterocycles. The molecule has 0 bridgehead atoms. The summed E-state index contributed by atoms with van der Waals surface area (Å²) in [5, 5.41) is 9.47. The van der Waals surface area contributed by atoms with E-state index in [0.717, 1.165) is 5.69 Å². The van der Waals surface area contributed by atoms with Crippen LogP contribution >= 0.6 is 0 Å². The Balaban J connectivity index is 0. The molecule has 1 aromatic carbocycles. The molecule has 25 heavy (non-hydrogen) atoms. The van der Waals surface area contributed by atoms with Crippen molar-refractivity contribution < 1.29 is 29.4 Å². The predicted molar refractivity (Wildman–Crippen MR) is 102 cm³/mol. The van der Waals surface area contributed by atoms with Crippen molar-refractivity contribution in [3.8, 4) is 0 Å². The molecule has 0 radical (unpaired) electrons. The van der Waals surface area contributed by atoms with Crippen LogP contribution in [0.2, 0.25) is 0 Å². The van der Waals surface area contributed by atoms with Gasteiger partial charge in [-0.1, -0.05) is 31.5 Å². The first-order valence-electron chi connectivity index (χ1n) is 7.69. The predicted octanol–water partition coefficient (Wildman–Crippen LogP) is 4.72. The van der Waals surface area contributed by atoms with E-state index in [9.17, 15) is 9.90 Å². The van der Waals surface area contributed by atoms with Gasteiger partial charge >= 0.3 is 25.4 Å². The maximum atomic E-state index is 11.5. The van der Waals surface area contributed by atoms with Crippen molar-refractivity contribution >= 4 is 11.7 Å². The number of anilines is 1. The average molecular weight is 434 g/mol. The number of hydrogen-bond acceptors (Lipinski definition) is 3. The monoisotopic (exact) mass is 434 g/mol. The molecule has 142 valence electrons. The third kappa shape index (κ3) is 6.15. The molecule has 0 fully saturated rings. The second-order valence-corrected chi connectivity index (χ2v) is 6.50. The number of nitrogens with zero attached hydrogens (tertiary/aromatic N) is 2. The molecule has 0 saturated heterocycles. The Bertz CT molecular complexity index is 576. The van der Waals surface area contributed by atoms with Gasteiger partial charge in [0.25, 0.3) is 0 Å². The van der Waals surface area contributed by atoms with Crippen LogP contribution in [0.4, 0.5) is 5.69 Å². The van der Waals surface area contributed by atoms with E-state index in [1.165, 1.54) is 16.7 Å². The van der Waals surface area contributed by atoms with Gasteiger partial charge in [-0.25, -0.2) is 0 Å². The van der Waals surface area contributed by atoms with Crippen LogP contribution in [0.15, 0.2) is 24.5 Å². The molecule has 0 amide bonds. The standard InChI is InChI=1S/C18H25N2O2.2CH3.Rh/c1-12(2)8-16(18(21)22)19-6-7-20(11-19)17-14(4)9-13(3)10-15(17)5;;;/h6-7,9-12,16H,8H2,1-5H3,(H,21,22);2*1H3;/q3*-1;+3/t16-;;;/m0.../s1. The number of rotatable bonds is 5. The Hall–Kier alpha value is -1.35. The van der Waals surface area contributed by atoms with Crippen LogP contribution in [0.1, 0.15) is 37.0 Å². The Morgan fingerprint density at radius 1 is 1.12 bits per heavy atom. The Morgan fingerprint density at radius 3 is 2.08 bits per heavy atom. The van der Waals surface area contributed by atoms with Crippen LogP contribution in [-0.4, -0.2) is 22.0 Å². The molecule has 0 saturated carbocycles. The average Bonchev–Trinajstić information content (AvgIpc) is 2.83. The summed E-state index contributed by atoms with van der Waals surface area (Å²) in [5.41, 5.74) is 4.74. The van der Waals surface area contributed by atoms with Crippen molar-refractivity contribution in [2.45, 2.75) is 47.1 Å². The molecule has 1 aliphatic rings. The fourth-order valence-corrected chi connectivity index (χ4v) is 3.06. The first kappa shape index (κ1) is 25.9. The molecule has 0 aromatic heterocycles. The summed E-state index contributed by atoms with van der Waals surface area (Å²) in [4.78, 5) is 15.3. The topological polar surface area (TPSA) is 43.8 Å². The van der Waals surface area contributed by atoms with Crippen molar-refractivity contribution in [1.82, 2.24) is 4.90 Å². The SMILES string of the molecule is Cc1cc(C)c(N2C=CN([C@@H](CC(C)C)C(=O)O)[CH-]2)c(C)c1.[CH3-].[CH3-].[Rh+3]. The van der Waals surface area contributed by atoms with Crippen molar-refractivity contribution in [2.75, 3.05) is 4.90 Å². The summed E-state index contributed by atoms with van der Waals surface area (Å²) < 4.78 is 0. The molecule has 0 unspecified atom stereocenters. The van der Waals surface area contributed by atoms with E-state index in [1.807, 2.05) is 37.8 Å². The number of carboxylic acid groups (broad SMARTS) is 1. The minimum absolute atomic E-state index is 0. The first-order chi connectivity index (χ1) is 10.3. The molecular weight excluding hydrogens is 403 g/mol. The third-order valence-corrected chi connectivity index (χ3v) is 3.89. The molecule has 2 rings (SSSR count). The third-order valence-electron chi connectivity index (χ3n) is 3.89. The van der Waals surface area contributed by atoms with Crippen molar-refractivity contribution in [1.29, 1.82) is 0 Å². The van der Waals surface area contributed by atoms with Crippen LogP contribution in [0, 0.1) is 48.2 Å². The summed E-state index contributed by atoms with van der Waals surface area (Å²) >= 11 is 0. The van der Waals surface area contributed by atoms with Crippen LogP contribution in [0.3, 0.4) is 0 Å². The maximum absolute atomic E-state index is 11.5. The molecule has 1 atom stereocenters. The molecule has 0 aliphatic carbocycles. The molecule has 5 heteroatoms. The number of hydrogen-bond donors (Lipinski definition) is 1. The zero-order chi connectivity index (χ0) is 16.4. The summed E-state index contributed by atoms with van der Waals surface area (Å²) in [6.45, 7) is 12.2. The molecule has 1 N–H and O–H groups in total. The number of benzene rings is 1. The number of aliphatic carboxylic acids is 1. The fourth-order valence-electron chi connectivity index (χ4n) is 3.06. The van der Waals surface area contributed by atoms with Gasteiger partial charge in [0, 0.05) is 5.69 Å². The van der Waals surface area contributed by atoms with Gasteiger partial charge in [0.1, 0.15) is 6.04 Å². The number of carbonyl (C=O) groups is 1. The first-order valence-corrected chi connectivity index (χ1v) is 7.69. The Kier molecular flexibility index (Phi) is 11.0. The van der Waals surface area contributed by atoms with E-state index in [2.05, 4.69) is 32.9 Å². The van der Waals surface area contributed by atoms with Crippen LogP contribution in [-0.2, 0) is 24.3 Å². The summed E-state index contributed by atoms with van der Waals surface area (Å²) in [6.07, 6.45) is 4.40. The summed E-state index contributed by atoms with van der Waals surface area (Å²) in [7, 11) is 0. The molecule has 0 spiro atoms. The minimum atomic E-state index is -0.784. The van der Waals surface area contributed by atoms with E-state index in [1.54, 1.807) is 4.90 Å². The Morgan fingerprint density at radius 2 is 1.64 bits per heavy atom. The summed E-state index contributed by atoms with van der Waals surface area (Å²) in [6, 6.07) is 3.78. The quantitative estimate of drug-likeness (QED) is 0.538. The van der Waals surface area contributed by atoms with E-state index < -0.39 is 12.0 Å². The molecule has 4 nitrogen and oxygen atoms in total. The van der Waals surface area contributed by atoms with Gasteiger partial charge in [-0.2, -0.15) is 6.67 Å². The van der Waals surface area contributed by atoms with Crippen LogP contribution in [0.5, 0.6) is 0 Å². The van der Waals surface area contributed by atoms with E-state index in [0.29, 0.717) is 12.3 Å². The normalized spacial score (nSPS) is 13.8. The van der Waals surface area contributed by atoms with Gasteiger partial charge in [0.05, 0.1) is 0 Å². The molecule has 1 heterocycles. The Labute approximate surface area is 166 Å². The second-order valence-electron chi connectivity index (χ2n) is 6.50. The van der Waals surface area contributed by atoms with Gasteiger partial charge in [-0.3, -0.25) is 4.79 Å².